The predicted octanol–water partition coefficient (Wildman–Crippen LogP) is 3.29. The molecule has 19 heavy (non-hydrogen) atoms. The van der Waals surface area contributed by atoms with Gasteiger partial charge >= 0.3 is 0 Å². The van der Waals surface area contributed by atoms with Crippen LogP contribution < -0.4 is 5.32 Å². The van der Waals surface area contributed by atoms with Gasteiger partial charge in [-0.1, -0.05) is 27.2 Å². The third-order valence-electron chi connectivity index (χ3n) is 4.01. The van der Waals surface area contributed by atoms with E-state index in [2.05, 4.69) is 44.8 Å². The lowest BCUT2D eigenvalue weighted by atomic mass is 10.1. The second-order valence-corrected chi connectivity index (χ2v) is 5.65. The van der Waals surface area contributed by atoms with E-state index in [0.29, 0.717) is 18.1 Å². The zero-order chi connectivity index (χ0) is 14.7. The number of nitrogens with one attached hydrogen (secondary N) is 1. The zero-order valence-corrected chi connectivity index (χ0v) is 14.0. The Hall–Kier alpha value is -0.120. The van der Waals surface area contributed by atoms with E-state index in [-0.39, 0.29) is 0 Å². The van der Waals surface area contributed by atoms with Crippen molar-refractivity contribution in [2.24, 2.45) is 0 Å². The summed E-state index contributed by atoms with van der Waals surface area (Å²) in [5.41, 5.74) is 0. The summed E-state index contributed by atoms with van der Waals surface area (Å²) >= 11 is 0. The molecule has 2 unspecified atom stereocenters. The minimum atomic E-state index is 0.569. The fraction of sp³-hybridized carbons (Fsp3) is 1.00. The Morgan fingerprint density at radius 2 is 1.74 bits per heavy atom. The first-order chi connectivity index (χ1) is 9.10. The van der Waals surface area contributed by atoms with Crippen molar-refractivity contribution in [1.29, 1.82) is 0 Å². The van der Waals surface area contributed by atoms with Crippen LogP contribution in [0.4, 0.5) is 0 Å². The van der Waals surface area contributed by atoms with Crippen LogP contribution in [-0.4, -0.2) is 49.8 Å². The molecular formula is C16H36N2O. The molecule has 0 spiro atoms. The highest BCUT2D eigenvalue weighted by Gasteiger charge is 2.20. The van der Waals surface area contributed by atoms with Crippen LogP contribution in [0.3, 0.4) is 0 Å². The second-order valence-electron chi connectivity index (χ2n) is 5.65. The molecule has 0 aromatic carbocycles. The number of nitrogens with zero attached hydrogens (tertiary/aromatic N) is 1. The Labute approximate surface area is 121 Å². The van der Waals surface area contributed by atoms with Crippen molar-refractivity contribution in [3.63, 3.8) is 0 Å². The highest BCUT2D eigenvalue weighted by atomic mass is 16.5. The molecule has 0 saturated carbocycles. The van der Waals surface area contributed by atoms with Crippen molar-refractivity contribution >= 4 is 0 Å². The minimum absolute atomic E-state index is 0.569. The lowest BCUT2D eigenvalue weighted by Gasteiger charge is -2.36. The molecule has 0 fully saturated rings. The topological polar surface area (TPSA) is 24.5 Å². The first-order valence-corrected chi connectivity index (χ1v) is 8.08. The van der Waals surface area contributed by atoms with Gasteiger partial charge in [0, 0.05) is 38.3 Å². The summed E-state index contributed by atoms with van der Waals surface area (Å²) in [5.74, 6) is 0. The second kappa shape index (κ2) is 11.7. The van der Waals surface area contributed by atoms with Crippen LogP contribution >= 0.6 is 0 Å². The fourth-order valence-corrected chi connectivity index (χ4v) is 2.74. The van der Waals surface area contributed by atoms with Crippen LogP contribution in [0.2, 0.25) is 0 Å². The van der Waals surface area contributed by atoms with E-state index in [1.807, 2.05) is 0 Å². The molecule has 116 valence electrons. The van der Waals surface area contributed by atoms with Gasteiger partial charge in [-0.2, -0.15) is 0 Å². The monoisotopic (exact) mass is 272 g/mol. The van der Waals surface area contributed by atoms with Crippen LogP contribution in [0, 0.1) is 0 Å². The maximum atomic E-state index is 5.26. The third-order valence-corrected chi connectivity index (χ3v) is 4.01. The predicted molar refractivity (Wildman–Crippen MR) is 84.8 cm³/mol. The van der Waals surface area contributed by atoms with E-state index in [4.69, 9.17) is 4.74 Å². The van der Waals surface area contributed by atoms with Gasteiger partial charge < -0.3 is 10.1 Å². The van der Waals surface area contributed by atoms with E-state index >= 15 is 0 Å². The maximum absolute atomic E-state index is 5.26. The van der Waals surface area contributed by atoms with Crippen molar-refractivity contribution < 1.29 is 4.74 Å². The molecule has 0 heterocycles. The van der Waals surface area contributed by atoms with Crippen molar-refractivity contribution in [2.75, 3.05) is 26.8 Å². The standard InChI is InChI=1S/C16H36N2O/c1-7-10-14(4)17-13-15(5)18(11-12-19-6)16(8-2)9-3/h14-17H,7-13H2,1-6H3. The molecule has 3 nitrogen and oxygen atoms in total. The summed E-state index contributed by atoms with van der Waals surface area (Å²) in [6.45, 7) is 14.4. The van der Waals surface area contributed by atoms with Gasteiger partial charge in [-0.05, 0) is 33.1 Å². The molecule has 0 aromatic heterocycles. The SMILES string of the molecule is CCCC(C)NCC(C)N(CCOC)C(CC)CC. The Balaban J connectivity index is 4.31. The fourth-order valence-electron chi connectivity index (χ4n) is 2.74. The highest BCUT2D eigenvalue weighted by molar-refractivity contribution is 4.77. The Morgan fingerprint density at radius 1 is 1.11 bits per heavy atom. The molecule has 0 aliphatic rings. The lowest BCUT2D eigenvalue weighted by molar-refractivity contribution is 0.0841. The molecule has 0 aliphatic heterocycles. The van der Waals surface area contributed by atoms with Gasteiger partial charge in [0.25, 0.3) is 0 Å². The molecular weight excluding hydrogens is 236 g/mol. The summed E-state index contributed by atoms with van der Waals surface area (Å²) in [4.78, 5) is 2.61. The first-order valence-electron chi connectivity index (χ1n) is 8.08. The minimum Gasteiger partial charge on any atom is -0.383 e. The van der Waals surface area contributed by atoms with Crippen LogP contribution in [0.1, 0.15) is 60.3 Å². The number of hydrogen-bond acceptors (Lipinski definition) is 3. The number of ether oxygens (including phenoxy) is 1. The smallest absolute Gasteiger partial charge is 0.0589 e. The van der Waals surface area contributed by atoms with E-state index in [1.54, 1.807) is 7.11 Å². The van der Waals surface area contributed by atoms with Crippen LogP contribution in [0.15, 0.2) is 0 Å². The molecule has 2 atom stereocenters. The summed E-state index contributed by atoms with van der Waals surface area (Å²) < 4.78 is 5.26. The maximum Gasteiger partial charge on any atom is 0.0589 e. The molecule has 1 N–H and O–H groups in total. The molecule has 0 saturated heterocycles. The lowest BCUT2D eigenvalue weighted by Crippen LogP contribution is -2.48. The van der Waals surface area contributed by atoms with Crippen LogP contribution in [0.25, 0.3) is 0 Å². The number of rotatable bonds is 12. The van der Waals surface area contributed by atoms with Gasteiger partial charge in [0.05, 0.1) is 6.61 Å². The molecule has 0 aromatic rings. The van der Waals surface area contributed by atoms with Crippen molar-refractivity contribution in [1.82, 2.24) is 10.2 Å². The van der Waals surface area contributed by atoms with Gasteiger partial charge in [-0.15, -0.1) is 0 Å². The van der Waals surface area contributed by atoms with Crippen molar-refractivity contribution in [3.05, 3.63) is 0 Å². The number of hydrogen-bond donors (Lipinski definition) is 1. The Morgan fingerprint density at radius 3 is 2.21 bits per heavy atom. The molecule has 0 bridgehead atoms. The van der Waals surface area contributed by atoms with E-state index in [1.165, 1.54) is 25.7 Å². The van der Waals surface area contributed by atoms with Gasteiger partial charge in [-0.25, -0.2) is 0 Å². The normalized spacial score (nSPS) is 15.2. The average Bonchev–Trinajstić information content (AvgIpc) is 2.41. The molecule has 3 heteroatoms. The van der Waals surface area contributed by atoms with Crippen molar-refractivity contribution in [2.45, 2.75) is 78.4 Å². The summed E-state index contributed by atoms with van der Waals surface area (Å²) in [6.07, 6.45) is 4.95. The van der Waals surface area contributed by atoms with Gasteiger partial charge in [0.2, 0.25) is 0 Å². The number of methoxy groups -OCH3 is 1. The summed E-state index contributed by atoms with van der Waals surface area (Å²) in [6, 6.07) is 1.87. The van der Waals surface area contributed by atoms with Gasteiger partial charge in [-0.3, -0.25) is 4.90 Å². The average molecular weight is 272 g/mol. The Kier molecular flexibility index (Phi) is 11.6. The zero-order valence-electron chi connectivity index (χ0n) is 14.0. The van der Waals surface area contributed by atoms with Crippen LogP contribution in [-0.2, 0) is 4.74 Å². The summed E-state index contributed by atoms with van der Waals surface area (Å²) in [5, 5.41) is 3.66. The Bertz CT molecular complexity index is 195. The molecule has 0 aliphatic carbocycles. The van der Waals surface area contributed by atoms with Crippen LogP contribution in [0.5, 0.6) is 0 Å². The third kappa shape index (κ3) is 7.91. The largest absolute Gasteiger partial charge is 0.383 e. The van der Waals surface area contributed by atoms with Crippen molar-refractivity contribution in [3.8, 4) is 0 Å². The van der Waals surface area contributed by atoms with E-state index < -0.39 is 0 Å². The molecule has 0 amide bonds. The van der Waals surface area contributed by atoms with Gasteiger partial charge in [0.15, 0.2) is 0 Å². The quantitative estimate of drug-likeness (QED) is 0.590. The molecule has 0 radical (unpaired) electrons. The van der Waals surface area contributed by atoms with E-state index in [9.17, 15) is 0 Å². The van der Waals surface area contributed by atoms with Gasteiger partial charge in [0.1, 0.15) is 0 Å². The molecule has 0 rings (SSSR count). The first kappa shape index (κ1) is 18.9. The summed E-state index contributed by atoms with van der Waals surface area (Å²) in [7, 11) is 1.79. The highest BCUT2D eigenvalue weighted by Crippen LogP contribution is 2.12. The van der Waals surface area contributed by atoms with E-state index in [0.717, 1.165) is 19.7 Å².